The van der Waals surface area contributed by atoms with Gasteiger partial charge in [0.2, 0.25) is 0 Å². The molecule has 3 aromatic rings. The SMILES string of the molecule is CC(=O)[C@@H]1C(c2ccccc2F)[C@@H](c2ccc(OC=O)cc2)[C@H]1c1ccc(C(=O)O)cc1. The smallest absolute Gasteiger partial charge is 0.335 e. The van der Waals surface area contributed by atoms with E-state index >= 15 is 0 Å². The van der Waals surface area contributed by atoms with Crippen LogP contribution in [0.2, 0.25) is 0 Å². The molecule has 162 valence electrons. The maximum atomic E-state index is 14.8. The number of carbonyl (C=O) groups excluding carboxylic acids is 2. The van der Waals surface area contributed by atoms with Crippen LogP contribution in [0.1, 0.15) is 51.7 Å². The van der Waals surface area contributed by atoms with Gasteiger partial charge in [-0.2, -0.15) is 0 Å². The Morgan fingerprint density at radius 3 is 2.03 bits per heavy atom. The highest BCUT2D eigenvalue weighted by atomic mass is 19.1. The Bertz CT molecular complexity index is 1150. The van der Waals surface area contributed by atoms with Crippen LogP contribution < -0.4 is 4.74 Å². The van der Waals surface area contributed by atoms with Gasteiger partial charge in [0.05, 0.1) is 5.56 Å². The molecule has 1 aliphatic carbocycles. The van der Waals surface area contributed by atoms with Gasteiger partial charge in [0.1, 0.15) is 17.3 Å². The van der Waals surface area contributed by atoms with Crippen LogP contribution in [0, 0.1) is 11.7 Å². The third-order valence-corrected chi connectivity index (χ3v) is 6.27. The van der Waals surface area contributed by atoms with E-state index in [0.29, 0.717) is 17.8 Å². The molecule has 1 fully saturated rings. The van der Waals surface area contributed by atoms with Gasteiger partial charge in [-0.15, -0.1) is 0 Å². The van der Waals surface area contributed by atoms with E-state index in [9.17, 15) is 23.9 Å². The predicted octanol–water partition coefficient (Wildman–Crippen LogP) is 4.93. The molecule has 4 atom stereocenters. The topological polar surface area (TPSA) is 80.7 Å². The fraction of sp³-hybridized carbons (Fsp3) is 0.192. The largest absolute Gasteiger partial charge is 0.478 e. The van der Waals surface area contributed by atoms with Crippen LogP contribution in [0.15, 0.2) is 72.8 Å². The highest BCUT2D eigenvalue weighted by Crippen LogP contribution is 2.62. The van der Waals surface area contributed by atoms with Crippen molar-refractivity contribution in [2.24, 2.45) is 5.92 Å². The second-order valence-electron chi connectivity index (χ2n) is 7.95. The van der Waals surface area contributed by atoms with Crippen LogP contribution in [-0.2, 0) is 9.59 Å². The first-order chi connectivity index (χ1) is 15.4. The molecule has 0 saturated heterocycles. The predicted molar refractivity (Wildman–Crippen MR) is 115 cm³/mol. The number of carboxylic acids is 1. The van der Waals surface area contributed by atoms with Gasteiger partial charge in [0, 0.05) is 17.8 Å². The zero-order valence-electron chi connectivity index (χ0n) is 17.3. The monoisotopic (exact) mass is 432 g/mol. The summed E-state index contributed by atoms with van der Waals surface area (Å²) in [6.07, 6.45) is 0. The maximum Gasteiger partial charge on any atom is 0.335 e. The van der Waals surface area contributed by atoms with Gasteiger partial charge < -0.3 is 9.84 Å². The Hall–Kier alpha value is -3.80. The van der Waals surface area contributed by atoms with Crippen LogP contribution in [0.4, 0.5) is 4.39 Å². The first-order valence-corrected chi connectivity index (χ1v) is 10.2. The Morgan fingerprint density at radius 2 is 1.47 bits per heavy atom. The molecular weight excluding hydrogens is 411 g/mol. The van der Waals surface area contributed by atoms with Gasteiger partial charge in [-0.1, -0.05) is 42.5 Å². The molecule has 0 radical (unpaired) electrons. The quantitative estimate of drug-likeness (QED) is 0.536. The van der Waals surface area contributed by atoms with E-state index in [2.05, 4.69) is 0 Å². The molecule has 1 saturated carbocycles. The summed E-state index contributed by atoms with van der Waals surface area (Å²) < 4.78 is 19.7. The molecule has 0 aliphatic heterocycles. The number of halogens is 1. The van der Waals surface area contributed by atoms with Crippen LogP contribution in [0.3, 0.4) is 0 Å². The minimum Gasteiger partial charge on any atom is -0.478 e. The summed E-state index contributed by atoms with van der Waals surface area (Å²) in [5.74, 6) is -2.37. The molecule has 1 N–H and O–H groups in total. The molecule has 0 bridgehead atoms. The second-order valence-corrected chi connectivity index (χ2v) is 7.95. The van der Waals surface area contributed by atoms with Crippen LogP contribution >= 0.6 is 0 Å². The number of rotatable bonds is 7. The Labute approximate surface area is 184 Å². The Kier molecular flexibility index (Phi) is 5.86. The van der Waals surface area contributed by atoms with Crippen LogP contribution in [-0.4, -0.2) is 23.3 Å². The summed E-state index contributed by atoms with van der Waals surface area (Å²) in [5, 5.41) is 9.21. The Balaban J connectivity index is 1.81. The lowest BCUT2D eigenvalue weighted by Crippen LogP contribution is -2.45. The number of aromatic carboxylic acids is 1. The van der Waals surface area contributed by atoms with E-state index in [1.54, 1.807) is 42.5 Å². The number of hydrogen-bond acceptors (Lipinski definition) is 4. The number of Topliss-reactive ketones (excluding diaryl/α,β-unsaturated/α-hetero) is 1. The number of benzene rings is 3. The van der Waals surface area contributed by atoms with Crippen molar-refractivity contribution >= 4 is 18.2 Å². The van der Waals surface area contributed by atoms with Crippen molar-refractivity contribution in [2.45, 2.75) is 24.7 Å². The molecule has 6 heteroatoms. The molecule has 0 amide bonds. The van der Waals surface area contributed by atoms with E-state index in [-0.39, 0.29) is 34.9 Å². The number of carbonyl (C=O) groups is 3. The van der Waals surface area contributed by atoms with Crippen molar-refractivity contribution < 1.29 is 28.6 Å². The van der Waals surface area contributed by atoms with Crippen molar-refractivity contribution in [3.05, 3.63) is 101 Å². The highest BCUT2D eigenvalue weighted by molar-refractivity contribution is 5.88. The van der Waals surface area contributed by atoms with Gasteiger partial charge in [0.25, 0.3) is 6.47 Å². The first-order valence-electron chi connectivity index (χ1n) is 10.2. The first kappa shape index (κ1) is 21.4. The van der Waals surface area contributed by atoms with Crippen molar-refractivity contribution in [1.29, 1.82) is 0 Å². The van der Waals surface area contributed by atoms with Crippen molar-refractivity contribution in [3.63, 3.8) is 0 Å². The van der Waals surface area contributed by atoms with Gasteiger partial charge >= 0.3 is 5.97 Å². The standard InChI is InChI=1S/C26H21FO5/c1-15(29)22-23(16-6-8-18(9-7-16)26(30)31)24(17-10-12-19(13-11-17)32-14-28)25(22)20-4-2-3-5-21(20)27/h2-14,22-25H,1H3,(H,30,31)/t22-,23-,24-,25?/m0/s1. The van der Waals surface area contributed by atoms with E-state index < -0.39 is 11.9 Å². The molecule has 1 aliphatic rings. The van der Waals surface area contributed by atoms with Crippen molar-refractivity contribution in [2.75, 3.05) is 0 Å². The summed E-state index contributed by atoms with van der Waals surface area (Å²) in [4.78, 5) is 34.6. The van der Waals surface area contributed by atoms with Gasteiger partial charge in [-0.25, -0.2) is 9.18 Å². The van der Waals surface area contributed by atoms with Crippen molar-refractivity contribution in [3.8, 4) is 5.75 Å². The highest BCUT2D eigenvalue weighted by Gasteiger charge is 2.54. The molecular formula is C26H21FO5. The summed E-state index contributed by atoms with van der Waals surface area (Å²) >= 11 is 0. The van der Waals surface area contributed by atoms with Gasteiger partial charge in [-0.05, 0) is 59.9 Å². The van der Waals surface area contributed by atoms with Gasteiger partial charge in [-0.3, -0.25) is 9.59 Å². The molecule has 4 rings (SSSR count). The van der Waals surface area contributed by atoms with Crippen LogP contribution in [0.25, 0.3) is 0 Å². The fourth-order valence-electron chi connectivity index (χ4n) is 4.89. The lowest BCUT2D eigenvalue weighted by atomic mass is 9.50. The Morgan fingerprint density at radius 1 is 0.875 bits per heavy atom. The molecule has 0 aromatic heterocycles. The third kappa shape index (κ3) is 3.80. The number of hydrogen-bond donors (Lipinski definition) is 1. The summed E-state index contributed by atoms with van der Waals surface area (Å²) in [7, 11) is 0. The zero-order valence-corrected chi connectivity index (χ0v) is 17.3. The second kappa shape index (κ2) is 8.75. The molecule has 1 unspecified atom stereocenters. The molecule has 32 heavy (non-hydrogen) atoms. The van der Waals surface area contributed by atoms with E-state index in [0.717, 1.165) is 11.1 Å². The third-order valence-electron chi connectivity index (χ3n) is 6.27. The number of ketones is 1. The minimum atomic E-state index is -1.03. The number of ether oxygens (including phenoxy) is 1. The fourth-order valence-corrected chi connectivity index (χ4v) is 4.89. The molecule has 5 nitrogen and oxygen atoms in total. The normalized spacial score (nSPS) is 21.9. The molecule has 0 spiro atoms. The summed E-state index contributed by atoms with van der Waals surface area (Å²) in [6.45, 7) is 1.85. The van der Waals surface area contributed by atoms with E-state index in [1.165, 1.54) is 25.1 Å². The summed E-state index contributed by atoms with van der Waals surface area (Å²) in [5.41, 5.74) is 2.33. The maximum absolute atomic E-state index is 14.8. The average Bonchev–Trinajstić information content (AvgIpc) is 2.76. The summed E-state index contributed by atoms with van der Waals surface area (Å²) in [6, 6.07) is 19.9. The average molecular weight is 432 g/mol. The molecule has 3 aromatic carbocycles. The minimum absolute atomic E-state index is 0.0530. The lowest BCUT2D eigenvalue weighted by molar-refractivity contribution is -0.126. The van der Waals surface area contributed by atoms with Gasteiger partial charge in [0.15, 0.2) is 0 Å². The number of carboxylic acid groups (broad SMARTS) is 1. The van der Waals surface area contributed by atoms with E-state index in [4.69, 9.17) is 4.74 Å². The van der Waals surface area contributed by atoms with E-state index in [1.807, 2.05) is 12.1 Å². The molecule has 0 heterocycles. The van der Waals surface area contributed by atoms with Crippen LogP contribution in [0.5, 0.6) is 5.75 Å². The lowest BCUT2D eigenvalue weighted by Gasteiger charge is -2.52. The zero-order chi connectivity index (χ0) is 22.8. The van der Waals surface area contributed by atoms with Crippen molar-refractivity contribution in [1.82, 2.24) is 0 Å².